The number of aliphatic hydroxyl groups excluding tert-OH is 1. The second kappa shape index (κ2) is 7.76. The molecule has 1 unspecified atom stereocenters. The lowest BCUT2D eigenvalue weighted by Gasteiger charge is -2.23. The Balaban J connectivity index is 2.80. The van der Waals surface area contributed by atoms with Gasteiger partial charge in [0.25, 0.3) is 0 Å². The lowest BCUT2D eigenvalue weighted by molar-refractivity contribution is 0.282. The molecule has 4 nitrogen and oxygen atoms in total. The largest absolute Gasteiger partial charge is 0.392 e. The first-order valence-electron chi connectivity index (χ1n) is 7.09. The van der Waals surface area contributed by atoms with E-state index in [9.17, 15) is 8.42 Å². The van der Waals surface area contributed by atoms with Crippen LogP contribution in [0.25, 0.3) is 0 Å². The van der Waals surface area contributed by atoms with Gasteiger partial charge in [-0.15, -0.1) is 0 Å². The summed E-state index contributed by atoms with van der Waals surface area (Å²) in [7, 11) is -3.28. The molecule has 0 aromatic heterocycles. The molecule has 0 aliphatic carbocycles. The Kier molecular flexibility index (Phi) is 6.65. The first-order valence-corrected chi connectivity index (χ1v) is 8.70. The highest BCUT2D eigenvalue weighted by Crippen LogP contribution is 2.15. The third-order valence-electron chi connectivity index (χ3n) is 3.51. The third-order valence-corrected chi connectivity index (χ3v) is 5.41. The summed E-state index contributed by atoms with van der Waals surface area (Å²) in [5.41, 5.74) is 1.54. The SMILES string of the molecule is CCC(C)CN(CC)S(=O)(=O)Cc1ccc(CO)cc1. The maximum Gasteiger partial charge on any atom is 0.218 e. The smallest absolute Gasteiger partial charge is 0.218 e. The van der Waals surface area contributed by atoms with Crippen LogP contribution in [0, 0.1) is 5.92 Å². The van der Waals surface area contributed by atoms with E-state index in [1.807, 2.05) is 6.92 Å². The van der Waals surface area contributed by atoms with Gasteiger partial charge in [-0.1, -0.05) is 51.5 Å². The number of sulfonamides is 1. The van der Waals surface area contributed by atoms with E-state index >= 15 is 0 Å². The van der Waals surface area contributed by atoms with Crippen LogP contribution in [0.4, 0.5) is 0 Å². The van der Waals surface area contributed by atoms with Gasteiger partial charge in [0, 0.05) is 13.1 Å². The lowest BCUT2D eigenvalue weighted by atomic mass is 10.1. The fraction of sp³-hybridized carbons (Fsp3) is 0.600. The fourth-order valence-corrected chi connectivity index (χ4v) is 3.63. The average molecular weight is 299 g/mol. The minimum Gasteiger partial charge on any atom is -0.392 e. The summed E-state index contributed by atoms with van der Waals surface area (Å²) in [4.78, 5) is 0. The number of rotatable bonds is 8. The Morgan fingerprint density at radius 1 is 1.15 bits per heavy atom. The monoisotopic (exact) mass is 299 g/mol. The Morgan fingerprint density at radius 3 is 2.15 bits per heavy atom. The van der Waals surface area contributed by atoms with Crippen LogP contribution in [0.2, 0.25) is 0 Å². The van der Waals surface area contributed by atoms with Crippen molar-refractivity contribution in [1.29, 1.82) is 0 Å². The van der Waals surface area contributed by atoms with E-state index in [1.54, 1.807) is 28.6 Å². The van der Waals surface area contributed by atoms with Crippen molar-refractivity contribution in [3.8, 4) is 0 Å². The zero-order valence-electron chi connectivity index (χ0n) is 12.5. The zero-order chi connectivity index (χ0) is 15.2. The predicted octanol–water partition coefficient (Wildman–Crippen LogP) is 2.38. The number of aliphatic hydroxyl groups is 1. The van der Waals surface area contributed by atoms with Crippen LogP contribution in [0.15, 0.2) is 24.3 Å². The van der Waals surface area contributed by atoms with Crippen molar-refractivity contribution in [3.63, 3.8) is 0 Å². The number of hydrogen-bond donors (Lipinski definition) is 1. The molecule has 1 aromatic rings. The van der Waals surface area contributed by atoms with Crippen molar-refractivity contribution in [1.82, 2.24) is 4.31 Å². The molecule has 5 heteroatoms. The molecule has 0 radical (unpaired) electrons. The molecule has 1 aromatic carbocycles. The molecule has 1 rings (SSSR count). The quantitative estimate of drug-likeness (QED) is 0.802. The average Bonchev–Trinajstić information content (AvgIpc) is 2.44. The molecule has 1 atom stereocenters. The van der Waals surface area contributed by atoms with Gasteiger partial charge in [-0.3, -0.25) is 0 Å². The zero-order valence-corrected chi connectivity index (χ0v) is 13.4. The molecule has 0 heterocycles. The molecular formula is C15H25NO3S. The molecule has 0 saturated heterocycles. The van der Waals surface area contributed by atoms with E-state index < -0.39 is 10.0 Å². The van der Waals surface area contributed by atoms with Crippen molar-refractivity contribution in [2.45, 2.75) is 39.6 Å². The van der Waals surface area contributed by atoms with Gasteiger partial charge in [-0.2, -0.15) is 0 Å². The minimum absolute atomic E-state index is 0.0168. The molecule has 1 N–H and O–H groups in total. The molecule has 0 fully saturated rings. The standard InChI is InChI=1S/C15H25NO3S/c1-4-13(3)10-16(5-2)20(18,19)12-15-8-6-14(11-17)7-9-15/h6-9,13,17H,4-5,10-12H2,1-3H3. The Morgan fingerprint density at radius 2 is 1.70 bits per heavy atom. The van der Waals surface area contributed by atoms with Crippen LogP contribution >= 0.6 is 0 Å². The van der Waals surface area contributed by atoms with Gasteiger partial charge >= 0.3 is 0 Å². The third kappa shape index (κ3) is 4.89. The van der Waals surface area contributed by atoms with Gasteiger partial charge in [-0.05, 0) is 17.0 Å². The van der Waals surface area contributed by atoms with E-state index in [4.69, 9.17) is 5.11 Å². The maximum atomic E-state index is 12.4. The Hall–Kier alpha value is -0.910. The fourth-order valence-electron chi connectivity index (χ4n) is 1.96. The van der Waals surface area contributed by atoms with Gasteiger partial charge < -0.3 is 5.11 Å². The minimum atomic E-state index is -3.28. The van der Waals surface area contributed by atoms with E-state index in [1.165, 1.54) is 0 Å². The van der Waals surface area contributed by atoms with Crippen LogP contribution < -0.4 is 0 Å². The van der Waals surface area contributed by atoms with E-state index in [0.29, 0.717) is 19.0 Å². The summed E-state index contributed by atoms with van der Waals surface area (Å²) in [6, 6.07) is 7.05. The second-order valence-electron chi connectivity index (χ2n) is 5.19. The first-order chi connectivity index (χ1) is 9.42. The van der Waals surface area contributed by atoms with Crippen molar-refractivity contribution < 1.29 is 13.5 Å². The molecule has 0 amide bonds. The van der Waals surface area contributed by atoms with Crippen molar-refractivity contribution in [2.24, 2.45) is 5.92 Å². The van der Waals surface area contributed by atoms with Crippen LogP contribution in [0.1, 0.15) is 38.3 Å². The predicted molar refractivity (Wildman–Crippen MR) is 81.7 cm³/mol. The molecule has 0 spiro atoms. The number of hydrogen-bond acceptors (Lipinski definition) is 3. The van der Waals surface area contributed by atoms with Gasteiger partial charge in [0.2, 0.25) is 10.0 Å². The van der Waals surface area contributed by atoms with E-state index in [-0.39, 0.29) is 12.4 Å². The lowest BCUT2D eigenvalue weighted by Crippen LogP contribution is -2.35. The summed E-state index contributed by atoms with van der Waals surface area (Å²) >= 11 is 0. The highest BCUT2D eigenvalue weighted by molar-refractivity contribution is 7.88. The topological polar surface area (TPSA) is 57.6 Å². The molecule has 0 aliphatic heterocycles. The molecule has 114 valence electrons. The second-order valence-corrected chi connectivity index (χ2v) is 7.16. The van der Waals surface area contributed by atoms with Crippen molar-refractivity contribution in [2.75, 3.05) is 13.1 Å². The molecule has 0 saturated carbocycles. The first kappa shape index (κ1) is 17.1. The van der Waals surface area contributed by atoms with Crippen molar-refractivity contribution in [3.05, 3.63) is 35.4 Å². The normalized spacial score (nSPS) is 13.7. The summed E-state index contributed by atoms with van der Waals surface area (Å²) in [6.45, 7) is 7.05. The van der Waals surface area contributed by atoms with Gasteiger partial charge in [0.15, 0.2) is 0 Å². The molecule has 0 bridgehead atoms. The van der Waals surface area contributed by atoms with Crippen molar-refractivity contribution >= 4 is 10.0 Å². The highest BCUT2D eigenvalue weighted by Gasteiger charge is 2.22. The molecular weight excluding hydrogens is 274 g/mol. The van der Waals surface area contributed by atoms with E-state index in [0.717, 1.165) is 17.5 Å². The summed E-state index contributed by atoms with van der Waals surface area (Å²) in [6.07, 6.45) is 0.969. The van der Waals surface area contributed by atoms with Gasteiger partial charge in [-0.25, -0.2) is 12.7 Å². The summed E-state index contributed by atoms with van der Waals surface area (Å²) < 4.78 is 26.4. The number of benzene rings is 1. The molecule has 0 aliphatic rings. The summed E-state index contributed by atoms with van der Waals surface area (Å²) in [5, 5.41) is 8.99. The Bertz CT molecular complexity index is 496. The van der Waals surface area contributed by atoms with Gasteiger partial charge in [0.05, 0.1) is 12.4 Å². The van der Waals surface area contributed by atoms with E-state index in [2.05, 4.69) is 13.8 Å². The van der Waals surface area contributed by atoms with Crippen LogP contribution in [0.3, 0.4) is 0 Å². The molecule has 20 heavy (non-hydrogen) atoms. The van der Waals surface area contributed by atoms with Gasteiger partial charge in [0.1, 0.15) is 0 Å². The highest BCUT2D eigenvalue weighted by atomic mass is 32.2. The van der Waals surface area contributed by atoms with Crippen LogP contribution in [0.5, 0.6) is 0 Å². The maximum absolute atomic E-state index is 12.4. The van der Waals surface area contributed by atoms with Crippen LogP contribution in [-0.4, -0.2) is 30.9 Å². The summed E-state index contributed by atoms with van der Waals surface area (Å²) in [5.74, 6) is 0.379. The van der Waals surface area contributed by atoms with Crippen LogP contribution in [-0.2, 0) is 22.4 Å². The Labute approximate surface area is 122 Å². The number of nitrogens with zero attached hydrogens (tertiary/aromatic N) is 1.